The second-order valence-electron chi connectivity index (χ2n) is 8.13. The van der Waals surface area contributed by atoms with Gasteiger partial charge in [-0.2, -0.15) is 0 Å². The Morgan fingerprint density at radius 1 is 0.800 bits per heavy atom. The highest BCUT2D eigenvalue weighted by molar-refractivity contribution is 5.74. The molecule has 1 atom stereocenters. The van der Waals surface area contributed by atoms with Gasteiger partial charge in [-0.25, -0.2) is 13.2 Å². The van der Waals surface area contributed by atoms with E-state index in [1.807, 2.05) is 6.07 Å². The normalized spacial score (nSPS) is 16.4. The van der Waals surface area contributed by atoms with Crippen LogP contribution in [0.5, 0.6) is 0 Å². The Bertz CT molecular complexity index is 1090. The standard InChI is InChI=1S/C27H25F3/c1-3-18-12-15-24(27(30)26(18)29)21-10-8-20(9-11-21)23-14-13-22(16-25(23)28)19-6-4-17(2)5-7-19/h6,8-17H,3-5,7H2,1-2H3. The lowest BCUT2D eigenvalue weighted by Gasteiger charge is -2.19. The van der Waals surface area contributed by atoms with Crippen molar-refractivity contribution in [2.24, 2.45) is 5.92 Å². The minimum atomic E-state index is -0.840. The Hall–Kier alpha value is -2.81. The van der Waals surface area contributed by atoms with Gasteiger partial charge >= 0.3 is 0 Å². The summed E-state index contributed by atoms with van der Waals surface area (Å²) >= 11 is 0. The average Bonchev–Trinajstić information content (AvgIpc) is 2.76. The summed E-state index contributed by atoms with van der Waals surface area (Å²) in [5.74, 6) is -1.23. The third-order valence-electron chi connectivity index (χ3n) is 6.06. The highest BCUT2D eigenvalue weighted by Crippen LogP contribution is 2.34. The van der Waals surface area contributed by atoms with Crippen molar-refractivity contribution >= 4 is 5.57 Å². The van der Waals surface area contributed by atoms with Crippen LogP contribution < -0.4 is 0 Å². The summed E-state index contributed by atoms with van der Waals surface area (Å²) in [6, 6.07) is 15.5. The van der Waals surface area contributed by atoms with Gasteiger partial charge in [0.15, 0.2) is 11.6 Å². The van der Waals surface area contributed by atoms with Crippen LogP contribution in [0.15, 0.2) is 60.7 Å². The fourth-order valence-electron chi connectivity index (χ4n) is 4.09. The molecule has 0 aromatic heterocycles. The predicted octanol–water partition coefficient (Wildman–Crippen LogP) is 8.20. The van der Waals surface area contributed by atoms with Gasteiger partial charge in [0.25, 0.3) is 0 Å². The second-order valence-corrected chi connectivity index (χ2v) is 8.13. The zero-order chi connectivity index (χ0) is 21.3. The number of aryl methyl sites for hydroxylation is 1. The van der Waals surface area contributed by atoms with E-state index in [0.717, 1.165) is 24.8 Å². The molecule has 1 unspecified atom stereocenters. The van der Waals surface area contributed by atoms with E-state index in [9.17, 15) is 13.2 Å². The number of benzene rings is 3. The molecular weight excluding hydrogens is 381 g/mol. The maximum Gasteiger partial charge on any atom is 0.166 e. The minimum Gasteiger partial charge on any atom is -0.206 e. The molecular formula is C27H25F3. The molecule has 4 rings (SSSR count). The van der Waals surface area contributed by atoms with E-state index < -0.39 is 11.6 Å². The molecule has 0 saturated carbocycles. The first-order valence-corrected chi connectivity index (χ1v) is 10.5. The first-order valence-electron chi connectivity index (χ1n) is 10.5. The highest BCUT2D eigenvalue weighted by Gasteiger charge is 2.16. The molecule has 3 heteroatoms. The van der Waals surface area contributed by atoms with Crippen molar-refractivity contribution in [3.05, 3.63) is 89.3 Å². The van der Waals surface area contributed by atoms with Crippen LogP contribution >= 0.6 is 0 Å². The molecule has 0 heterocycles. The SMILES string of the molecule is CCc1ccc(-c2ccc(-c3ccc(C4=CCC(C)CC4)cc3F)cc2)c(F)c1F. The molecule has 0 fully saturated rings. The molecule has 0 nitrogen and oxygen atoms in total. The zero-order valence-electron chi connectivity index (χ0n) is 17.3. The molecule has 0 saturated heterocycles. The Balaban J connectivity index is 1.61. The Labute approximate surface area is 176 Å². The average molecular weight is 406 g/mol. The van der Waals surface area contributed by atoms with Crippen molar-refractivity contribution in [3.63, 3.8) is 0 Å². The van der Waals surface area contributed by atoms with E-state index in [-0.39, 0.29) is 11.4 Å². The van der Waals surface area contributed by atoms with Crippen molar-refractivity contribution in [1.29, 1.82) is 0 Å². The lowest BCUT2D eigenvalue weighted by atomic mass is 9.87. The molecule has 3 aromatic carbocycles. The summed E-state index contributed by atoms with van der Waals surface area (Å²) in [6.07, 6.45) is 5.80. The van der Waals surface area contributed by atoms with Crippen LogP contribution in [0.3, 0.4) is 0 Å². The van der Waals surface area contributed by atoms with Crippen molar-refractivity contribution < 1.29 is 13.2 Å². The number of rotatable bonds is 4. The largest absolute Gasteiger partial charge is 0.206 e. The number of hydrogen-bond donors (Lipinski definition) is 0. The van der Waals surface area contributed by atoms with E-state index >= 15 is 0 Å². The minimum absolute atomic E-state index is 0.213. The first-order chi connectivity index (χ1) is 14.5. The maximum absolute atomic E-state index is 14.9. The summed E-state index contributed by atoms with van der Waals surface area (Å²) in [5, 5.41) is 0. The zero-order valence-corrected chi connectivity index (χ0v) is 17.3. The fourth-order valence-corrected chi connectivity index (χ4v) is 4.09. The summed E-state index contributed by atoms with van der Waals surface area (Å²) in [4.78, 5) is 0. The number of hydrogen-bond acceptors (Lipinski definition) is 0. The Kier molecular flexibility index (Phi) is 5.80. The second kappa shape index (κ2) is 8.51. The summed E-state index contributed by atoms with van der Waals surface area (Å²) in [5.41, 5.74) is 4.50. The van der Waals surface area contributed by atoms with Crippen LogP contribution in [0.2, 0.25) is 0 Å². The van der Waals surface area contributed by atoms with Crippen LogP contribution in [0.25, 0.3) is 27.8 Å². The van der Waals surface area contributed by atoms with Crippen molar-refractivity contribution in [3.8, 4) is 22.3 Å². The predicted molar refractivity (Wildman–Crippen MR) is 118 cm³/mol. The van der Waals surface area contributed by atoms with Crippen LogP contribution in [0.4, 0.5) is 13.2 Å². The van der Waals surface area contributed by atoms with E-state index in [1.165, 1.54) is 5.57 Å². The first kappa shape index (κ1) is 20.5. The van der Waals surface area contributed by atoms with Gasteiger partial charge in [-0.15, -0.1) is 0 Å². The van der Waals surface area contributed by atoms with Crippen LogP contribution in [-0.4, -0.2) is 0 Å². The third-order valence-corrected chi connectivity index (χ3v) is 6.06. The van der Waals surface area contributed by atoms with Gasteiger partial charge in [-0.1, -0.05) is 68.5 Å². The lowest BCUT2D eigenvalue weighted by Crippen LogP contribution is -2.01. The van der Waals surface area contributed by atoms with E-state index in [0.29, 0.717) is 34.6 Å². The molecule has 0 bridgehead atoms. The molecule has 30 heavy (non-hydrogen) atoms. The van der Waals surface area contributed by atoms with E-state index in [4.69, 9.17) is 0 Å². The molecule has 154 valence electrons. The van der Waals surface area contributed by atoms with Gasteiger partial charge in [0.1, 0.15) is 5.82 Å². The molecule has 1 aliphatic rings. The van der Waals surface area contributed by atoms with Crippen molar-refractivity contribution in [2.45, 2.75) is 39.5 Å². The molecule has 0 N–H and O–H groups in total. The van der Waals surface area contributed by atoms with Gasteiger partial charge in [-0.3, -0.25) is 0 Å². The topological polar surface area (TPSA) is 0 Å². The number of allylic oxidation sites excluding steroid dienone is 2. The lowest BCUT2D eigenvalue weighted by molar-refractivity contribution is 0.502. The van der Waals surface area contributed by atoms with E-state index in [1.54, 1.807) is 55.5 Å². The van der Waals surface area contributed by atoms with E-state index in [2.05, 4.69) is 13.0 Å². The highest BCUT2D eigenvalue weighted by atomic mass is 19.2. The van der Waals surface area contributed by atoms with Gasteiger partial charge in [0.2, 0.25) is 0 Å². The quantitative estimate of drug-likeness (QED) is 0.409. The smallest absolute Gasteiger partial charge is 0.166 e. The van der Waals surface area contributed by atoms with Crippen molar-refractivity contribution in [2.75, 3.05) is 0 Å². The molecule has 3 aromatic rings. The molecule has 0 amide bonds. The monoisotopic (exact) mass is 406 g/mol. The van der Waals surface area contributed by atoms with Gasteiger partial charge in [0.05, 0.1) is 0 Å². The summed E-state index contributed by atoms with van der Waals surface area (Å²) in [7, 11) is 0. The Morgan fingerprint density at radius 3 is 2.03 bits per heavy atom. The third kappa shape index (κ3) is 3.94. The maximum atomic E-state index is 14.9. The van der Waals surface area contributed by atoms with Gasteiger partial charge in [-0.05, 0) is 65.5 Å². The molecule has 0 aliphatic heterocycles. The summed E-state index contributed by atoms with van der Waals surface area (Å²) in [6.45, 7) is 4.02. The van der Waals surface area contributed by atoms with Crippen LogP contribution in [0, 0.1) is 23.4 Å². The van der Waals surface area contributed by atoms with Crippen LogP contribution in [0.1, 0.15) is 44.2 Å². The number of halogens is 3. The fraction of sp³-hybridized carbons (Fsp3) is 0.259. The van der Waals surface area contributed by atoms with Crippen molar-refractivity contribution in [1.82, 2.24) is 0 Å². The van der Waals surface area contributed by atoms with Crippen LogP contribution in [-0.2, 0) is 6.42 Å². The van der Waals surface area contributed by atoms with Gasteiger partial charge < -0.3 is 0 Å². The van der Waals surface area contributed by atoms with Gasteiger partial charge in [0, 0.05) is 11.1 Å². The molecule has 0 spiro atoms. The molecule has 1 aliphatic carbocycles. The summed E-state index contributed by atoms with van der Waals surface area (Å²) < 4.78 is 43.4. The molecule has 0 radical (unpaired) electrons. The Morgan fingerprint density at radius 2 is 1.43 bits per heavy atom.